The number of hydrogen-bond donors (Lipinski definition) is 1. The van der Waals surface area contributed by atoms with Gasteiger partial charge in [0.1, 0.15) is 23.0 Å². The number of aliphatic carboxylic acids is 1. The van der Waals surface area contributed by atoms with Gasteiger partial charge in [0.15, 0.2) is 5.78 Å². The summed E-state index contributed by atoms with van der Waals surface area (Å²) in [4.78, 5) is 24.2. The molecule has 188 valence electrons. The van der Waals surface area contributed by atoms with Gasteiger partial charge in [0.05, 0.1) is 24.7 Å². The molecule has 0 saturated carbocycles. The van der Waals surface area contributed by atoms with E-state index in [-0.39, 0.29) is 10.8 Å². The number of rotatable bonds is 9. The van der Waals surface area contributed by atoms with Gasteiger partial charge in [0.25, 0.3) is 0 Å². The highest BCUT2D eigenvalue weighted by molar-refractivity contribution is 6.35. The first-order valence-electron chi connectivity index (χ1n) is 11.3. The van der Waals surface area contributed by atoms with Crippen molar-refractivity contribution in [3.63, 3.8) is 0 Å². The lowest BCUT2D eigenvalue weighted by atomic mass is 9.93. The Labute approximate surface area is 223 Å². The van der Waals surface area contributed by atoms with Crippen molar-refractivity contribution in [2.45, 2.75) is 31.6 Å². The lowest BCUT2D eigenvalue weighted by Gasteiger charge is -2.24. The second kappa shape index (κ2) is 11.4. The third-order valence-electron chi connectivity index (χ3n) is 5.98. The van der Waals surface area contributed by atoms with Crippen molar-refractivity contribution in [2.75, 3.05) is 13.7 Å². The molecule has 0 fully saturated rings. The van der Waals surface area contributed by atoms with Crippen LogP contribution in [0, 0.1) is 0 Å². The Bertz CT molecular complexity index is 1290. The van der Waals surface area contributed by atoms with Gasteiger partial charge in [-0.1, -0.05) is 34.8 Å². The van der Waals surface area contributed by atoms with Crippen LogP contribution in [0.25, 0.3) is 0 Å². The molecule has 3 aromatic carbocycles. The number of carboxylic acids is 1. The van der Waals surface area contributed by atoms with Gasteiger partial charge in [0, 0.05) is 39.2 Å². The third kappa shape index (κ3) is 5.89. The summed E-state index contributed by atoms with van der Waals surface area (Å²) in [5.74, 6) is 0.280. The summed E-state index contributed by atoms with van der Waals surface area (Å²) in [6.45, 7) is 0.304. The van der Waals surface area contributed by atoms with Crippen molar-refractivity contribution in [1.82, 2.24) is 0 Å². The van der Waals surface area contributed by atoms with Crippen molar-refractivity contribution >= 4 is 46.6 Å². The molecule has 1 N–H and O–H groups in total. The van der Waals surface area contributed by atoms with E-state index in [0.29, 0.717) is 76.5 Å². The third-order valence-corrected chi connectivity index (χ3v) is 6.83. The molecule has 36 heavy (non-hydrogen) atoms. The molecular formula is C27H23Cl3O6. The predicted molar refractivity (Wildman–Crippen MR) is 139 cm³/mol. The van der Waals surface area contributed by atoms with Gasteiger partial charge in [-0.15, -0.1) is 0 Å². The van der Waals surface area contributed by atoms with Crippen molar-refractivity contribution in [1.29, 1.82) is 0 Å². The summed E-state index contributed by atoms with van der Waals surface area (Å²) in [5, 5.41) is 10.7. The number of carboxylic acid groups (broad SMARTS) is 1. The fraction of sp³-hybridized carbons (Fsp3) is 0.259. The van der Waals surface area contributed by atoms with Gasteiger partial charge < -0.3 is 19.3 Å². The van der Waals surface area contributed by atoms with Gasteiger partial charge in [-0.05, 0) is 61.7 Å². The zero-order valence-corrected chi connectivity index (χ0v) is 21.6. The number of hydrogen-bond acceptors (Lipinski definition) is 5. The Balaban J connectivity index is 1.39. The summed E-state index contributed by atoms with van der Waals surface area (Å²) < 4.78 is 16.9. The van der Waals surface area contributed by atoms with Crippen LogP contribution in [-0.2, 0) is 11.2 Å². The smallest absolute Gasteiger partial charge is 0.311 e. The van der Waals surface area contributed by atoms with Gasteiger partial charge >= 0.3 is 5.97 Å². The Hall–Kier alpha value is -2.93. The quantitative estimate of drug-likeness (QED) is 0.277. The standard InChI is InChI=1S/C27H23Cl3O6/c1-34-24-12-16(28)11-21(29)19(24)3-2-4-23(31)15-5-7-17(8-6-15)36-26-14-25-20(13-22(26)30)18(27(32)33)9-10-35-25/h5-8,11-14,18H,2-4,9-10H2,1H3,(H,32,33). The molecule has 1 atom stereocenters. The monoisotopic (exact) mass is 548 g/mol. The zero-order chi connectivity index (χ0) is 25.8. The molecule has 0 spiro atoms. The maximum Gasteiger partial charge on any atom is 0.311 e. The average Bonchev–Trinajstić information content (AvgIpc) is 2.85. The minimum absolute atomic E-state index is 0.00877. The van der Waals surface area contributed by atoms with E-state index in [9.17, 15) is 14.7 Å². The number of carbonyl (C=O) groups excluding carboxylic acids is 1. The highest BCUT2D eigenvalue weighted by atomic mass is 35.5. The van der Waals surface area contributed by atoms with E-state index < -0.39 is 11.9 Å². The first-order chi connectivity index (χ1) is 17.3. The van der Waals surface area contributed by atoms with Crippen LogP contribution in [0.2, 0.25) is 15.1 Å². The Morgan fingerprint density at radius 3 is 2.47 bits per heavy atom. The first-order valence-corrected chi connectivity index (χ1v) is 12.4. The van der Waals surface area contributed by atoms with Crippen LogP contribution in [0.1, 0.15) is 46.7 Å². The highest BCUT2D eigenvalue weighted by Crippen LogP contribution is 2.42. The fourth-order valence-corrected chi connectivity index (χ4v) is 4.91. The van der Waals surface area contributed by atoms with Crippen LogP contribution in [-0.4, -0.2) is 30.6 Å². The van der Waals surface area contributed by atoms with Crippen molar-refractivity contribution in [3.05, 3.63) is 80.3 Å². The van der Waals surface area contributed by atoms with Crippen LogP contribution < -0.4 is 14.2 Å². The Kier molecular flexibility index (Phi) is 8.29. The lowest BCUT2D eigenvalue weighted by Crippen LogP contribution is -2.20. The molecule has 1 aliphatic heterocycles. The van der Waals surface area contributed by atoms with E-state index in [0.717, 1.165) is 5.56 Å². The van der Waals surface area contributed by atoms with Crippen LogP contribution >= 0.6 is 34.8 Å². The molecule has 3 aromatic rings. The maximum absolute atomic E-state index is 12.7. The molecule has 0 aliphatic carbocycles. The van der Waals surface area contributed by atoms with Gasteiger partial charge in [-0.3, -0.25) is 9.59 Å². The van der Waals surface area contributed by atoms with Crippen LogP contribution in [0.4, 0.5) is 0 Å². The second-order valence-corrected chi connectivity index (χ2v) is 9.57. The number of Topliss-reactive ketones (excluding diaryl/α,β-unsaturated/α-hetero) is 1. The molecule has 0 saturated heterocycles. The minimum Gasteiger partial charge on any atom is -0.496 e. The molecule has 1 unspecified atom stereocenters. The molecule has 9 heteroatoms. The summed E-state index contributed by atoms with van der Waals surface area (Å²) in [5.41, 5.74) is 1.91. The zero-order valence-electron chi connectivity index (χ0n) is 19.4. The summed E-state index contributed by atoms with van der Waals surface area (Å²) in [6.07, 6.45) is 1.89. The molecule has 0 amide bonds. The number of ketones is 1. The topological polar surface area (TPSA) is 82.1 Å². The van der Waals surface area contributed by atoms with E-state index in [1.807, 2.05) is 0 Å². The van der Waals surface area contributed by atoms with Crippen LogP contribution in [0.5, 0.6) is 23.0 Å². The number of ether oxygens (including phenoxy) is 3. The van der Waals surface area contributed by atoms with Crippen molar-refractivity contribution < 1.29 is 28.9 Å². The molecule has 0 aromatic heterocycles. The van der Waals surface area contributed by atoms with Crippen molar-refractivity contribution in [3.8, 4) is 23.0 Å². The van der Waals surface area contributed by atoms with Crippen LogP contribution in [0.15, 0.2) is 48.5 Å². The largest absolute Gasteiger partial charge is 0.496 e. The lowest BCUT2D eigenvalue weighted by molar-refractivity contribution is -0.139. The van der Waals surface area contributed by atoms with E-state index in [1.54, 1.807) is 55.6 Å². The van der Waals surface area contributed by atoms with Gasteiger partial charge in [-0.25, -0.2) is 0 Å². The number of halogens is 3. The van der Waals surface area contributed by atoms with E-state index in [2.05, 4.69) is 0 Å². The summed E-state index contributed by atoms with van der Waals surface area (Å²) in [6, 6.07) is 13.3. The van der Waals surface area contributed by atoms with E-state index in [4.69, 9.17) is 49.0 Å². The van der Waals surface area contributed by atoms with E-state index >= 15 is 0 Å². The minimum atomic E-state index is -0.917. The number of fused-ring (bicyclic) bond motifs is 1. The molecular weight excluding hydrogens is 527 g/mol. The molecule has 1 heterocycles. The summed E-state index contributed by atoms with van der Waals surface area (Å²) >= 11 is 18.7. The normalized spacial score (nSPS) is 14.5. The predicted octanol–water partition coefficient (Wildman–Crippen LogP) is 7.60. The highest BCUT2D eigenvalue weighted by Gasteiger charge is 2.29. The molecule has 0 radical (unpaired) electrons. The average molecular weight is 550 g/mol. The maximum atomic E-state index is 12.7. The molecule has 4 rings (SSSR count). The summed E-state index contributed by atoms with van der Waals surface area (Å²) in [7, 11) is 1.55. The number of methoxy groups -OCH3 is 1. The Morgan fingerprint density at radius 1 is 1.03 bits per heavy atom. The Morgan fingerprint density at radius 2 is 1.78 bits per heavy atom. The van der Waals surface area contributed by atoms with Crippen LogP contribution in [0.3, 0.4) is 0 Å². The van der Waals surface area contributed by atoms with Gasteiger partial charge in [0.2, 0.25) is 0 Å². The SMILES string of the molecule is COc1cc(Cl)cc(Cl)c1CCCC(=O)c1ccc(Oc2cc3c(cc2Cl)C(C(=O)O)CCO3)cc1. The fourth-order valence-electron chi connectivity index (χ4n) is 4.13. The number of carbonyl (C=O) groups is 2. The first kappa shape index (κ1) is 26.1. The number of benzene rings is 3. The second-order valence-electron chi connectivity index (χ2n) is 8.32. The van der Waals surface area contributed by atoms with Gasteiger partial charge in [-0.2, -0.15) is 0 Å². The molecule has 1 aliphatic rings. The molecule has 0 bridgehead atoms. The van der Waals surface area contributed by atoms with E-state index in [1.165, 1.54) is 0 Å². The molecule has 6 nitrogen and oxygen atoms in total. The van der Waals surface area contributed by atoms with Crippen molar-refractivity contribution in [2.24, 2.45) is 0 Å².